The Bertz CT molecular complexity index is 650. The van der Waals surface area contributed by atoms with Gasteiger partial charge in [-0.1, -0.05) is 95.8 Å². The second-order valence-corrected chi connectivity index (χ2v) is 12.8. The van der Waals surface area contributed by atoms with Crippen LogP contribution in [-0.2, 0) is 9.53 Å². The van der Waals surface area contributed by atoms with E-state index in [2.05, 4.69) is 62.1 Å². The van der Waals surface area contributed by atoms with E-state index >= 15 is 0 Å². The number of hydrogen-bond donors (Lipinski definition) is 0. The van der Waals surface area contributed by atoms with E-state index in [-0.39, 0.29) is 12.1 Å². The Hall–Kier alpha value is -1.35. The minimum absolute atomic E-state index is 0.0265. The minimum Gasteiger partial charge on any atom is -0.462 e. The van der Waals surface area contributed by atoms with Crippen LogP contribution in [0, 0.1) is 5.92 Å². The van der Waals surface area contributed by atoms with Gasteiger partial charge >= 0.3 is 5.97 Å². The maximum Gasteiger partial charge on any atom is 0.307 e. The zero-order chi connectivity index (χ0) is 30.4. The van der Waals surface area contributed by atoms with Gasteiger partial charge in [0.25, 0.3) is 0 Å². The lowest BCUT2D eigenvalue weighted by Gasteiger charge is -2.28. The summed E-state index contributed by atoms with van der Waals surface area (Å²) in [5, 5.41) is 0. The molecule has 1 heterocycles. The predicted molar refractivity (Wildman–Crippen MR) is 185 cm³/mol. The smallest absolute Gasteiger partial charge is 0.307 e. The van der Waals surface area contributed by atoms with Crippen molar-refractivity contribution < 1.29 is 9.53 Å². The largest absolute Gasteiger partial charge is 0.462 e. The molecule has 0 radical (unpaired) electrons. The van der Waals surface area contributed by atoms with Crippen molar-refractivity contribution in [2.24, 2.45) is 5.92 Å². The number of ether oxygens (including phenoxy) is 1. The summed E-state index contributed by atoms with van der Waals surface area (Å²) in [6.45, 7) is 9.95. The Labute approximate surface area is 263 Å². The lowest BCUT2D eigenvalue weighted by atomic mass is 9.87. The summed E-state index contributed by atoms with van der Waals surface area (Å²) in [6.07, 6.45) is 43.0. The average molecular weight is 586 g/mol. The summed E-state index contributed by atoms with van der Waals surface area (Å²) in [7, 11) is 0. The Morgan fingerprint density at radius 3 is 1.43 bits per heavy atom. The van der Waals surface area contributed by atoms with Crippen molar-refractivity contribution in [1.82, 2.24) is 4.90 Å². The van der Waals surface area contributed by atoms with Crippen LogP contribution in [0.15, 0.2) is 36.5 Å². The van der Waals surface area contributed by atoms with Gasteiger partial charge in [0.15, 0.2) is 0 Å². The highest BCUT2D eigenvalue weighted by atomic mass is 16.5. The second kappa shape index (κ2) is 29.7. The molecule has 1 fully saturated rings. The molecule has 1 aliphatic heterocycles. The van der Waals surface area contributed by atoms with E-state index in [1.165, 1.54) is 103 Å². The van der Waals surface area contributed by atoms with Crippen molar-refractivity contribution in [2.45, 2.75) is 181 Å². The van der Waals surface area contributed by atoms with E-state index in [9.17, 15) is 4.79 Å². The molecule has 1 rings (SSSR count). The molecule has 0 bridgehead atoms. The van der Waals surface area contributed by atoms with Gasteiger partial charge in [0.2, 0.25) is 0 Å². The highest BCUT2D eigenvalue weighted by molar-refractivity contribution is 5.69. The summed E-state index contributed by atoms with van der Waals surface area (Å²) in [5.74, 6) is 0.495. The number of nitrogens with zero attached hydrogens (tertiary/aromatic N) is 1. The monoisotopic (exact) mass is 586 g/mol. The van der Waals surface area contributed by atoms with Gasteiger partial charge in [-0.15, -0.1) is 0 Å². The molecule has 42 heavy (non-hydrogen) atoms. The number of hydrogen-bond acceptors (Lipinski definition) is 3. The van der Waals surface area contributed by atoms with Gasteiger partial charge in [-0.05, 0) is 128 Å². The van der Waals surface area contributed by atoms with E-state index in [0.29, 0.717) is 12.3 Å². The molecule has 244 valence electrons. The molecule has 1 aliphatic rings. The highest BCUT2D eigenvalue weighted by Crippen LogP contribution is 2.27. The lowest BCUT2D eigenvalue weighted by molar-refractivity contribution is -0.153. The molecule has 1 saturated heterocycles. The van der Waals surface area contributed by atoms with Crippen LogP contribution in [0.25, 0.3) is 0 Å². The van der Waals surface area contributed by atoms with E-state index < -0.39 is 0 Å². The average Bonchev–Trinajstić information content (AvgIpc) is 3.52. The maximum absolute atomic E-state index is 13.1. The Balaban J connectivity index is 2.72. The number of carbonyl (C=O) groups is 1. The van der Waals surface area contributed by atoms with Crippen LogP contribution in [0.1, 0.15) is 175 Å². The van der Waals surface area contributed by atoms with E-state index in [1.807, 2.05) is 0 Å². The molecule has 0 N–H and O–H groups in total. The summed E-state index contributed by atoms with van der Waals surface area (Å²) in [5.41, 5.74) is 0. The molecular formula is C39H71NO2. The SMILES string of the molecule is CCCCC/C=C\CCCC(CCC/C=C\CCCCC)C(CCC/C=C\CCCCC)OC(=O)CCN1CCCC1. The van der Waals surface area contributed by atoms with Gasteiger partial charge in [-0.3, -0.25) is 4.79 Å². The van der Waals surface area contributed by atoms with Crippen molar-refractivity contribution >= 4 is 5.97 Å². The Kier molecular flexibility index (Phi) is 27.4. The van der Waals surface area contributed by atoms with Crippen LogP contribution in [-0.4, -0.2) is 36.6 Å². The summed E-state index contributed by atoms with van der Waals surface area (Å²) < 4.78 is 6.35. The Morgan fingerprint density at radius 1 is 0.595 bits per heavy atom. The zero-order valence-electron chi connectivity index (χ0n) is 28.5. The normalized spacial score (nSPS) is 15.2. The fraction of sp³-hybridized carbons (Fsp3) is 0.821. The third-order valence-electron chi connectivity index (χ3n) is 8.81. The zero-order valence-corrected chi connectivity index (χ0v) is 28.5. The molecule has 0 aromatic heterocycles. The van der Waals surface area contributed by atoms with Gasteiger partial charge in [-0.2, -0.15) is 0 Å². The van der Waals surface area contributed by atoms with Crippen LogP contribution < -0.4 is 0 Å². The van der Waals surface area contributed by atoms with Crippen LogP contribution in [0.3, 0.4) is 0 Å². The number of rotatable bonds is 29. The van der Waals surface area contributed by atoms with E-state index in [4.69, 9.17) is 4.74 Å². The predicted octanol–water partition coefficient (Wildman–Crippen LogP) is 11.9. The van der Waals surface area contributed by atoms with Crippen molar-refractivity contribution in [3.8, 4) is 0 Å². The third kappa shape index (κ3) is 23.1. The number of carbonyl (C=O) groups excluding carboxylic acids is 1. The molecule has 0 saturated carbocycles. The molecule has 3 heteroatoms. The van der Waals surface area contributed by atoms with Gasteiger partial charge in [0.1, 0.15) is 6.10 Å². The highest BCUT2D eigenvalue weighted by Gasteiger charge is 2.25. The maximum atomic E-state index is 13.1. The van der Waals surface area contributed by atoms with Crippen molar-refractivity contribution in [3.05, 3.63) is 36.5 Å². The van der Waals surface area contributed by atoms with Crippen LogP contribution in [0.5, 0.6) is 0 Å². The Morgan fingerprint density at radius 2 is 1.00 bits per heavy atom. The quantitative estimate of drug-likeness (QED) is 0.0497. The number of unbranched alkanes of at least 4 members (excludes halogenated alkanes) is 12. The molecule has 1 unspecified atom stereocenters. The molecule has 0 amide bonds. The van der Waals surface area contributed by atoms with Crippen molar-refractivity contribution in [3.63, 3.8) is 0 Å². The summed E-state index contributed by atoms with van der Waals surface area (Å²) >= 11 is 0. The van der Waals surface area contributed by atoms with Crippen molar-refractivity contribution in [2.75, 3.05) is 19.6 Å². The van der Waals surface area contributed by atoms with Crippen LogP contribution in [0.4, 0.5) is 0 Å². The van der Waals surface area contributed by atoms with Crippen LogP contribution in [0.2, 0.25) is 0 Å². The molecule has 1 atom stereocenters. The van der Waals surface area contributed by atoms with Crippen LogP contribution >= 0.6 is 0 Å². The fourth-order valence-corrected chi connectivity index (χ4v) is 6.07. The molecule has 0 spiro atoms. The minimum atomic E-state index is 0.0265. The molecule has 0 aromatic carbocycles. The van der Waals surface area contributed by atoms with Crippen molar-refractivity contribution in [1.29, 1.82) is 0 Å². The standard InChI is InChI=1S/C39H71NO2/c1-4-7-10-13-16-19-22-25-30-37(31-26-23-20-17-14-11-8-5-2)38(32-27-24-21-18-15-12-9-6-3)42-39(41)33-36-40-34-28-29-35-40/h16-21,37-38H,4-15,22-36H2,1-3H3/b19-16-,20-17-,21-18-. The molecule has 0 aromatic rings. The number of allylic oxidation sites excluding steroid dienone is 6. The first kappa shape index (κ1) is 38.7. The van der Waals surface area contributed by atoms with E-state index in [0.717, 1.165) is 64.6 Å². The summed E-state index contributed by atoms with van der Waals surface area (Å²) in [4.78, 5) is 15.5. The number of likely N-dealkylation sites (tertiary alicyclic amines) is 1. The number of esters is 1. The first-order chi connectivity index (χ1) is 20.7. The second-order valence-electron chi connectivity index (χ2n) is 12.8. The van der Waals surface area contributed by atoms with Gasteiger partial charge in [0, 0.05) is 6.54 Å². The molecule has 0 aliphatic carbocycles. The fourth-order valence-electron chi connectivity index (χ4n) is 6.07. The van der Waals surface area contributed by atoms with Gasteiger partial charge < -0.3 is 9.64 Å². The molecular weight excluding hydrogens is 514 g/mol. The first-order valence-electron chi connectivity index (χ1n) is 18.6. The van der Waals surface area contributed by atoms with Gasteiger partial charge in [0.05, 0.1) is 6.42 Å². The summed E-state index contributed by atoms with van der Waals surface area (Å²) in [6, 6.07) is 0. The third-order valence-corrected chi connectivity index (χ3v) is 8.81. The topological polar surface area (TPSA) is 29.5 Å². The van der Waals surface area contributed by atoms with E-state index in [1.54, 1.807) is 0 Å². The van der Waals surface area contributed by atoms with Gasteiger partial charge in [-0.25, -0.2) is 0 Å². The molecule has 3 nitrogen and oxygen atoms in total. The lowest BCUT2D eigenvalue weighted by Crippen LogP contribution is -2.30. The first-order valence-corrected chi connectivity index (χ1v) is 18.6.